The molecule has 4 nitrogen and oxygen atoms in total. The Kier molecular flexibility index (Phi) is 5.87. The van der Waals surface area contributed by atoms with E-state index in [0.717, 1.165) is 49.0 Å². The largest absolute Gasteiger partial charge is 0.501 e. The van der Waals surface area contributed by atoms with Gasteiger partial charge >= 0.3 is 0 Å². The lowest BCUT2D eigenvalue weighted by molar-refractivity contribution is 0.149. The van der Waals surface area contributed by atoms with E-state index in [1.807, 2.05) is 19.1 Å². The van der Waals surface area contributed by atoms with Gasteiger partial charge in [0.15, 0.2) is 9.84 Å². The lowest BCUT2D eigenvalue weighted by Gasteiger charge is -2.52. The Morgan fingerprint density at radius 1 is 1.14 bits per heavy atom. The molecule has 1 unspecified atom stereocenters. The van der Waals surface area contributed by atoms with E-state index in [1.54, 1.807) is 24.8 Å². The van der Waals surface area contributed by atoms with Gasteiger partial charge in [-0.05, 0) is 68.2 Å². The number of benzene rings is 1. The number of ether oxygens (including phenoxy) is 1. The van der Waals surface area contributed by atoms with Crippen molar-refractivity contribution in [2.24, 2.45) is 22.7 Å². The quantitative estimate of drug-likeness (QED) is 0.345. The zero-order valence-corrected chi connectivity index (χ0v) is 22.0. The van der Waals surface area contributed by atoms with Crippen molar-refractivity contribution in [1.29, 1.82) is 0 Å². The fraction of sp³-hybridized carbons (Fsp3) is 0.500. The first-order valence-corrected chi connectivity index (χ1v) is 14.3. The van der Waals surface area contributed by atoms with Crippen molar-refractivity contribution in [2.45, 2.75) is 63.8 Å². The Morgan fingerprint density at radius 2 is 1.89 bits per heavy atom. The molecule has 0 aromatic heterocycles. The minimum absolute atomic E-state index is 0.0447. The summed E-state index contributed by atoms with van der Waals surface area (Å²) < 4.78 is 32.0. The van der Waals surface area contributed by atoms with Crippen molar-refractivity contribution in [1.82, 2.24) is 0 Å². The Balaban J connectivity index is 1.42. The third-order valence-electron chi connectivity index (χ3n) is 9.29. The number of nitrogens with zero attached hydrogens (tertiary/aromatic N) is 1. The maximum Gasteiger partial charge on any atom is 0.259 e. The number of hydrogen-bond donors (Lipinski definition) is 0. The fourth-order valence-corrected chi connectivity index (χ4v) is 8.56. The second kappa shape index (κ2) is 8.52. The van der Waals surface area contributed by atoms with Gasteiger partial charge in [-0.1, -0.05) is 55.3 Å². The summed E-state index contributed by atoms with van der Waals surface area (Å²) in [4.78, 5) is 4.19. The van der Waals surface area contributed by atoms with Gasteiger partial charge in [0.1, 0.15) is 5.75 Å². The van der Waals surface area contributed by atoms with Crippen molar-refractivity contribution in [3.8, 4) is 0 Å². The van der Waals surface area contributed by atoms with Crippen LogP contribution in [0.5, 0.6) is 0 Å². The van der Waals surface area contributed by atoms with Crippen LogP contribution in [-0.2, 0) is 14.6 Å². The summed E-state index contributed by atoms with van der Waals surface area (Å²) in [6, 6.07) is 6.32. The van der Waals surface area contributed by atoms with E-state index in [9.17, 15) is 8.42 Å². The Morgan fingerprint density at radius 3 is 2.57 bits per heavy atom. The van der Waals surface area contributed by atoms with Crippen molar-refractivity contribution < 1.29 is 13.2 Å². The molecule has 0 radical (unpaired) electrons. The zero-order valence-electron chi connectivity index (χ0n) is 21.2. The molecule has 0 aliphatic heterocycles. The average molecular weight is 490 g/mol. The van der Waals surface area contributed by atoms with Gasteiger partial charge in [0.2, 0.25) is 0 Å². The number of methoxy groups -OCH3 is 1. The Hall–Kier alpha value is -2.58. The van der Waals surface area contributed by atoms with Crippen LogP contribution in [-0.4, -0.2) is 27.3 Å². The predicted molar refractivity (Wildman–Crippen MR) is 139 cm³/mol. The van der Waals surface area contributed by atoms with Crippen molar-refractivity contribution in [3.63, 3.8) is 0 Å². The minimum Gasteiger partial charge on any atom is -0.501 e. The first-order chi connectivity index (χ1) is 16.6. The van der Waals surface area contributed by atoms with Crippen LogP contribution in [0.25, 0.3) is 4.85 Å². The number of hydrogen-bond acceptors (Lipinski definition) is 3. The SMILES string of the molecule is [C-]#[N+]C(CS(=O)(=O)c1ccc(C)cc1)C1=CC[C@H]2[C@@H]3CC=C4C=C(OC)CC[C@]4(C)C3=CC[C@]12C. The second-order valence-corrected chi connectivity index (χ2v) is 13.2. The van der Waals surface area contributed by atoms with E-state index in [-0.39, 0.29) is 16.6 Å². The number of fused-ring (bicyclic) bond motifs is 5. The van der Waals surface area contributed by atoms with Gasteiger partial charge in [-0.2, -0.15) is 0 Å². The number of allylic oxidation sites excluding steroid dienone is 7. The molecule has 0 saturated carbocycles. The lowest BCUT2D eigenvalue weighted by Crippen LogP contribution is -2.43. The van der Waals surface area contributed by atoms with Gasteiger partial charge in [-0.25, -0.2) is 15.0 Å². The van der Waals surface area contributed by atoms with Gasteiger partial charge in [-0.15, -0.1) is 0 Å². The summed E-state index contributed by atoms with van der Waals surface area (Å²) in [5, 5.41) is 0. The molecule has 0 heterocycles. The lowest BCUT2D eigenvalue weighted by atomic mass is 9.52. The summed E-state index contributed by atoms with van der Waals surface area (Å²) in [6.45, 7) is 14.5. The average Bonchev–Trinajstić information content (AvgIpc) is 3.19. The maximum atomic E-state index is 13.2. The number of rotatable bonds is 5. The van der Waals surface area contributed by atoms with Crippen LogP contribution in [0.15, 0.2) is 75.9 Å². The molecule has 4 aliphatic carbocycles. The molecule has 0 fully saturated rings. The van der Waals surface area contributed by atoms with E-state index in [4.69, 9.17) is 11.3 Å². The highest BCUT2D eigenvalue weighted by Crippen LogP contribution is 2.63. The molecule has 0 amide bonds. The monoisotopic (exact) mass is 489 g/mol. The van der Waals surface area contributed by atoms with Gasteiger partial charge in [-0.3, -0.25) is 0 Å². The van der Waals surface area contributed by atoms with E-state index in [0.29, 0.717) is 16.7 Å². The predicted octanol–water partition coefficient (Wildman–Crippen LogP) is 6.62. The van der Waals surface area contributed by atoms with Crippen molar-refractivity contribution in [2.75, 3.05) is 12.9 Å². The van der Waals surface area contributed by atoms with E-state index < -0.39 is 15.9 Å². The maximum absolute atomic E-state index is 13.2. The molecule has 5 rings (SSSR count). The number of sulfone groups is 1. The third kappa shape index (κ3) is 3.82. The van der Waals surface area contributed by atoms with Gasteiger partial charge in [0, 0.05) is 22.8 Å². The van der Waals surface area contributed by atoms with Crippen LogP contribution in [0.3, 0.4) is 0 Å². The smallest absolute Gasteiger partial charge is 0.259 e. The zero-order chi connectivity index (χ0) is 25.0. The molecular weight excluding hydrogens is 454 g/mol. The molecule has 5 atom stereocenters. The van der Waals surface area contributed by atoms with Gasteiger partial charge in [0.05, 0.1) is 17.8 Å². The molecular formula is C30H35NO3S. The third-order valence-corrected chi connectivity index (χ3v) is 11.0. The molecule has 1 aromatic rings. The molecule has 35 heavy (non-hydrogen) atoms. The Bertz CT molecular complexity index is 1310. The summed E-state index contributed by atoms with van der Waals surface area (Å²) in [7, 11) is -1.79. The minimum atomic E-state index is -3.54. The van der Waals surface area contributed by atoms with Crippen LogP contribution in [0, 0.1) is 36.2 Å². The normalized spacial score (nSPS) is 32.5. The van der Waals surface area contributed by atoms with Crippen LogP contribution >= 0.6 is 0 Å². The molecule has 5 heteroatoms. The number of aryl methyl sites for hydroxylation is 1. The molecule has 1 aromatic carbocycles. The first-order valence-electron chi connectivity index (χ1n) is 12.6. The molecule has 4 aliphatic rings. The summed E-state index contributed by atoms with van der Waals surface area (Å²) in [5.41, 5.74) is 4.86. The van der Waals surface area contributed by atoms with Crippen LogP contribution in [0.4, 0.5) is 0 Å². The second-order valence-electron chi connectivity index (χ2n) is 11.2. The van der Waals surface area contributed by atoms with Gasteiger partial charge in [0.25, 0.3) is 6.04 Å². The van der Waals surface area contributed by atoms with Crippen LogP contribution < -0.4 is 0 Å². The molecule has 0 N–H and O–H groups in total. The molecule has 0 spiro atoms. The van der Waals surface area contributed by atoms with Crippen molar-refractivity contribution >= 4 is 9.84 Å². The van der Waals surface area contributed by atoms with Crippen LogP contribution in [0.1, 0.15) is 51.5 Å². The van der Waals surface area contributed by atoms with Crippen LogP contribution in [0.2, 0.25) is 0 Å². The van der Waals surface area contributed by atoms with E-state index in [2.05, 4.69) is 43.0 Å². The van der Waals surface area contributed by atoms with E-state index in [1.165, 1.54) is 5.57 Å². The highest BCUT2D eigenvalue weighted by atomic mass is 32.2. The first kappa shape index (κ1) is 24.1. The summed E-state index contributed by atoms with van der Waals surface area (Å²) in [5.74, 6) is 1.76. The van der Waals surface area contributed by atoms with Crippen molar-refractivity contribution in [3.05, 3.63) is 88.0 Å². The van der Waals surface area contributed by atoms with E-state index >= 15 is 0 Å². The molecule has 184 valence electrons. The standard InChI is InChI=1S/C30H35NO3S/c1-20-6-9-23(10-7-20)35(32,33)19-28(31-4)27-13-12-25-24-11-8-21-18-22(34-5)14-16-29(21,2)26(24)15-17-30(25,27)3/h6-10,13,15,18,24-25,28H,11-12,14,16-17,19H2,1-3,5H3/t24-,25-,28?,29-,30-/m0/s1. The highest BCUT2D eigenvalue weighted by molar-refractivity contribution is 7.91. The highest BCUT2D eigenvalue weighted by Gasteiger charge is 2.55. The Labute approximate surface area is 210 Å². The van der Waals surface area contributed by atoms with Gasteiger partial charge < -0.3 is 9.58 Å². The fourth-order valence-electron chi connectivity index (χ4n) is 7.15. The molecule has 0 saturated heterocycles. The summed E-state index contributed by atoms with van der Waals surface area (Å²) in [6.07, 6.45) is 14.1. The summed E-state index contributed by atoms with van der Waals surface area (Å²) >= 11 is 0. The topological polar surface area (TPSA) is 47.7 Å². The molecule has 0 bridgehead atoms.